The standard InChI is InChI=1S/C29H27BrClFN2O5/c1-18-12-23(8-9-24(18)32)39-25-14-22(31)7-6-20(25)16-33-26(35)27(36)34-11-10-29(17-34,28(37)38-2)15-19-4-3-5-21(30)13-19/h3-9,12-14H,10-11,15-17H2,1-2H3,(H,33,35). The highest BCUT2D eigenvalue weighted by Gasteiger charge is 2.47. The van der Waals surface area contributed by atoms with Gasteiger partial charge in [-0.2, -0.15) is 0 Å². The molecular formula is C29H27BrClFN2O5. The number of nitrogens with zero attached hydrogens (tertiary/aromatic N) is 1. The molecule has 4 rings (SSSR count). The van der Waals surface area contributed by atoms with Gasteiger partial charge in [0, 0.05) is 34.7 Å². The molecule has 0 spiro atoms. The van der Waals surface area contributed by atoms with Crippen molar-refractivity contribution in [1.82, 2.24) is 10.2 Å². The van der Waals surface area contributed by atoms with Gasteiger partial charge < -0.3 is 19.7 Å². The minimum absolute atomic E-state index is 0.00865. The molecule has 0 aliphatic carbocycles. The maximum atomic E-state index is 13.6. The molecule has 2 amide bonds. The summed E-state index contributed by atoms with van der Waals surface area (Å²) in [4.78, 5) is 40.1. The molecule has 204 valence electrons. The van der Waals surface area contributed by atoms with Crippen LogP contribution in [0.25, 0.3) is 0 Å². The highest BCUT2D eigenvalue weighted by molar-refractivity contribution is 9.10. The second kappa shape index (κ2) is 12.2. The fourth-order valence-electron chi connectivity index (χ4n) is 4.65. The minimum Gasteiger partial charge on any atom is -0.469 e. The van der Waals surface area contributed by atoms with Gasteiger partial charge in [0.2, 0.25) is 0 Å². The largest absolute Gasteiger partial charge is 0.469 e. The average molecular weight is 618 g/mol. The minimum atomic E-state index is -0.948. The van der Waals surface area contributed by atoms with Gasteiger partial charge >= 0.3 is 17.8 Å². The average Bonchev–Trinajstić information content (AvgIpc) is 3.34. The van der Waals surface area contributed by atoms with E-state index in [2.05, 4.69) is 21.2 Å². The first-order valence-electron chi connectivity index (χ1n) is 12.2. The number of amides is 2. The number of ether oxygens (including phenoxy) is 2. The van der Waals surface area contributed by atoms with Crippen LogP contribution in [0.2, 0.25) is 5.02 Å². The molecule has 0 aromatic heterocycles. The van der Waals surface area contributed by atoms with Gasteiger partial charge in [-0.1, -0.05) is 45.7 Å². The van der Waals surface area contributed by atoms with Crippen LogP contribution in [0, 0.1) is 18.2 Å². The Kier molecular flexibility index (Phi) is 8.92. The number of hydrogen-bond acceptors (Lipinski definition) is 5. The Bertz CT molecular complexity index is 1420. The third-order valence-electron chi connectivity index (χ3n) is 6.71. The summed E-state index contributed by atoms with van der Waals surface area (Å²) in [6.45, 7) is 1.93. The van der Waals surface area contributed by atoms with Crippen molar-refractivity contribution in [2.24, 2.45) is 5.41 Å². The molecule has 1 unspecified atom stereocenters. The Balaban J connectivity index is 1.43. The molecule has 1 N–H and O–H groups in total. The summed E-state index contributed by atoms with van der Waals surface area (Å²) in [6, 6.07) is 16.8. The van der Waals surface area contributed by atoms with Crippen molar-refractivity contribution >= 4 is 45.3 Å². The zero-order valence-corrected chi connectivity index (χ0v) is 23.8. The smallest absolute Gasteiger partial charge is 0.314 e. The predicted octanol–water partition coefficient (Wildman–Crippen LogP) is 5.59. The lowest BCUT2D eigenvalue weighted by atomic mass is 9.81. The number of rotatable bonds is 7. The van der Waals surface area contributed by atoms with Gasteiger partial charge in [-0.05, 0) is 73.4 Å². The molecule has 1 aliphatic heterocycles. The zero-order valence-electron chi connectivity index (χ0n) is 21.4. The zero-order chi connectivity index (χ0) is 28.2. The third-order valence-corrected chi connectivity index (χ3v) is 7.44. The Labute approximate surface area is 239 Å². The summed E-state index contributed by atoms with van der Waals surface area (Å²) in [5, 5.41) is 3.05. The fourth-order valence-corrected chi connectivity index (χ4v) is 5.26. The number of aryl methyl sites for hydroxylation is 1. The molecule has 0 saturated carbocycles. The number of esters is 1. The van der Waals surface area contributed by atoms with E-state index in [-0.39, 0.29) is 25.5 Å². The van der Waals surface area contributed by atoms with Crippen LogP contribution in [0.15, 0.2) is 65.1 Å². The molecule has 10 heteroatoms. The van der Waals surface area contributed by atoms with E-state index in [9.17, 15) is 18.8 Å². The molecule has 7 nitrogen and oxygen atoms in total. The van der Waals surface area contributed by atoms with Crippen molar-refractivity contribution in [3.05, 3.63) is 92.7 Å². The molecular weight excluding hydrogens is 591 g/mol. The number of nitrogens with one attached hydrogen (secondary N) is 1. The Morgan fingerprint density at radius 1 is 1.13 bits per heavy atom. The van der Waals surface area contributed by atoms with Gasteiger partial charge in [0.1, 0.15) is 17.3 Å². The van der Waals surface area contributed by atoms with Crippen LogP contribution >= 0.6 is 27.5 Å². The van der Waals surface area contributed by atoms with Crippen LogP contribution in [0.1, 0.15) is 23.1 Å². The fraction of sp³-hybridized carbons (Fsp3) is 0.276. The molecule has 3 aromatic rings. The van der Waals surface area contributed by atoms with Gasteiger partial charge in [-0.25, -0.2) is 4.39 Å². The summed E-state index contributed by atoms with van der Waals surface area (Å²) < 4.78 is 25.5. The maximum Gasteiger partial charge on any atom is 0.314 e. The number of benzene rings is 3. The van der Waals surface area contributed by atoms with Gasteiger partial charge in [-0.15, -0.1) is 0 Å². The van der Waals surface area contributed by atoms with Gasteiger partial charge in [0.15, 0.2) is 0 Å². The lowest BCUT2D eigenvalue weighted by Gasteiger charge is -2.26. The van der Waals surface area contributed by atoms with Gasteiger partial charge in [-0.3, -0.25) is 14.4 Å². The van der Waals surface area contributed by atoms with Crippen LogP contribution in [-0.4, -0.2) is 42.9 Å². The van der Waals surface area contributed by atoms with Crippen molar-refractivity contribution in [2.75, 3.05) is 20.2 Å². The van der Waals surface area contributed by atoms with E-state index in [1.807, 2.05) is 24.3 Å². The Morgan fingerprint density at radius 2 is 1.92 bits per heavy atom. The van der Waals surface area contributed by atoms with E-state index in [0.29, 0.717) is 40.5 Å². The van der Waals surface area contributed by atoms with Gasteiger partial charge in [0.05, 0.1) is 12.5 Å². The molecule has 1 aliphatic rings. The van der Waals surface area contributed by atoms with Crippen molar-refractivity contribution < 1.29 is 28.2 Å². The van der Waals surface area contributed by atoms with Crippen molar-refractivity contribution in [3.8, 4) is 11.5 Å². The monoisotopic (exact) mass is 616 g/mol. The molecule has 39 heavy (non-hydrogen) atoms. The lowest BCUT2D eigenvalue weighted by Crippen LogP contribution is -2.44. The number of hydrogen-bond donors (Lipinski definition) is 1. The van der Waals surface area contributed by atoms with Crippen LogP contribution in [-0.2, 0) is 32.1 Å². The first-order chi connectivity index (χ1) is 18.6. The topological polar surface area (TPSA) is 84.9 Å². The first kappa shape index (κ1) is 28.6. The van der Waals surface area contributed by atoms with Crippen LogP contribution in [0.4, 0.5) is 4.39 Å². The SMILES string of the molecule is COC(=O)C1(Cc2cccc(Br)c2)CCN(C(=O)C(=O)NCc2ccc(Cl)cc2Oc2ccc(F)c(C)c2)C1. The van der Waals surface area contributed by atoms with Crippen LogP contribution in [0.5, 0.6) is 11.5 Å². The van der Waals surface area contributed by atoms with E-state index in [1.165, 1.54) is 24.1 Å². The van der Waals surface area contributed by atoms with Crippen LogP contribution in [0.3, 0.4) is 0 Å². The lowest BCUT2D eigenvalue weighted by molar-refractivity contribution is -0.153. The highest BCUT2D eigenvalue weighted by Crippen LogP contribution is 2.36. The summed E-state index contributed by atoms with van der Waals surface area (Å²) in [5.74, 6) is -1.55. The highest BCUT2D eigenvalue weighted by atomic mass is 79.9. The second-order valence-corrected chi connectivity index (χ2v) is 10.9. The summed E-state index contributed by atoms with van der Waals surface area (Å²) >= 11 is 9.58. The molecule has 3 aromatic carbocycles. The first-order valence-corrected chi connectivity index (χ1v) is 13.4. The van der Waals surface area contributed by atoms with E-state index < -0.39 is 23.2 Å². The molecule has 1 saturated heterocycles. The molecule has 1 heterocycles. The van der Waals surface area contributed by atoms with E-state index in [0.717, 1.165) is 10.0 Å². The molecule has 1 fully saturated rings. The van der Waals surface area contributed by atoms with E-state index in [4.69, 9.17) is 21.1 Å². The quantitative estimate of drug-likeness (QED) is 0.276. The van der Waals surface area contributed by atoms with Crippen molar-refractivity contribution in [1.29, 1.82) is 0 Å². The number of carbonyl (C=O) groups excluding carboxylic acids is 3. The Hall–Kier alpha value is -3.43. The number of methoxy groups -OCH3 is 1. The summed E-state index contributed by atoms with van der Waals surface area (Å²) in [5.41, 5.74) is 0.960. The van der Waals surface area contributed by atoms with Crippen molar-refractivity contribution in [3.63, 3.8) is 0 Å². The maximum absolute atomic E-state index is 13.6. The number of halogens is 3. The Morgan fingerprint density at radius 3 is 2.64 bits per heavy atom. The molecule has 0 bridgehead atoms. The third kappa shape index (κ3) is 6.78. The molecule has 1 atom stereocenters. The summed E-state index contributed by atoms with van der Waals surface area (Å²) in [7, 11) is 1.32. The van der Waals surface area contributed by atoms with Crippen molar-refractivity contribution in [2.45, 2.75) is 26.3 Å². The predicted molar refractivity (Wildman–Crippen MR) is 148 cm³/mol. The van der Waals surface area contributed by atoms with Gasteiger partial charge in [0.25, 0.3) is 0 Å². The number of likely N-dealkylation sites (tertiary alicyclic amines) is 1. The molecule has 0 radical (unpaired) electrons. The summed E-state index contributed by atoms with van der Waals surface area (Å²) in [6.07, 6.45) is 0.746. The van der Waals surface area contributed by atoms with E-state index in [1.54, 1.807) is 31.2 Å². The number of carbonyl (C=O) groups is 3. The van der Waals surface area contributed by atoms with Crippen LogP contribution < -0.4 is 10.1 Å². The van der Waals surface area contributed by atoms with E-state index >= 15 is 0 Å². The normalized spacial score (nSPS) is 16.6. The second-order valence-electron chi connectivity index (χ2n) is 9.50.